The third-order valence-corrected chi connectivity index (χ3v) is 4.77. The zero-order chi connectivity index (χ0) is 18.3. The number of ketones is 2. The van der Waals surface area contributed by atoms with E-state index in [1.165, 1.54) is 6.07 Å². The average Bonchev–Trinajstić information content (AvgIpc) is 3.29. The van der Waals surface area contributed by atoms with E-state index in [9.17, 15) is 31.2 Å². The fourth-order valence-electron chi connectivity index (χ4n) is 2.22. The minimum absolute atomic E-state index is 0.346. The maximum atomic E-state index is 12.8. The Hall–Kier alpha value is -2.21. The summed E-state index contributed by atoms with van der Waals surface area (Å²) >= 11 is 0. The highest BCUT2D eigenvalue weighted by molar-refractivity contribution is 7.90. The molecule has 0 unspecified atom stereocenters. The Kier molecular flexibility index (Phi) is 4.55. The molecule has 0 aromatic heterocycles. The molecule has 1 saturated carbocycles. The van der Waals surface area contributed by atoms with Crippen LogP contribution in [0.5, 0.6) is 0 Å². The van der Waals surface area contributed by atoms with Crippen LogP contribution in [0.15, 0.2) is 23.1 Å². The van der Waals surface area contributed by atoms with Crippen molar-refractivity contribution < 1.29 is 31.2 Å². The first-order valence-electron chi connectivity index (χ1n) is 6.85. The molecule has 1 aromatic carbocycles. The van der Waals surface area contributed by atoms with Crippen molar-refractivity contribution in [3.8, 4) is 6.07 Å². The number of nitriles is 1. The van der Waals surface area contributed by atoms with Crippen molar-refractivity contribution >= 4 is 21.4 Å². The molecule has 0 N–H and O–H groups in total. The summed E-state index contributed by atoms with van der Waals surface area (Å²) < 4.78 is 61.9. The van der Waals surface area contributed by atoms with Gasteiger partial charge in [-0.3, -0.25) is 9.59 Å². The van der Waals surface area contributed by atoms with Crippen molar-refractivity contribution in [3.05, 3.63) is 29.3 Å². The van der Waals surface area contributed by atoms with E-state index in [1.54, 1.807) is 0 Å². The normalized spacial score (nSPS) is 16.3. The molecule has 1 fully saturated rings. The molecule has 24 heavy (non-hydrogen) atoms. The Labute approximate surface area is 136 Å². The van der Waals surface area contributed by atoms with Crippen LogP contribution in [0.4, 0.5) is 13.2 Å². The van der Waals surface area contributed by atoms with Crippen LogP contribution >= 0.6 is 0 Å². The fraction of sp³-hybridized carbons (Fsp3) is 0.400. The Morgan fingerprint density at radius 3 is 2.29 bits per heavy atom. The number of carbonyl (C=O) groups excluding carboxylic acids is 2. The minimum atomic E-state index is -4.79. The molecule has 0 saturated heterocycles. The lowest BCUT2D eigenvalue weighted by Crippen LogP contribution is -2.26. The molecule has 0 spiro atoms. The van der Waals surface area contributed by atoms with Crippen LogP contribution in [0.1, 0.15) is 28.8 Å². The maximum Gasteiger partial charge on any atom is 0.416 e. The van der Waals surface area contributed by atoms with E-state index in [1.807, 2.05) is 0 Å². The number of nitrogens with zero attached hydrogens (tertiary/aromatic N) is 1. The summed E-state index contributed by atoms with van der Waals surface area (Å²) in [5, 5.41) is 9.06. The first-order valence-corrected chi connectivity index (χ1v) is 8.75. The highest BCUT2D eigenvalue weighted by Crippen LogP contribution is 2.35. The van der Waals surface area contributed by atoms with E-state index < -0.39 is 55.4 Å². The molecule has 5 nitrogen and oxygen atoms in total. The summed E-state index contributed by atoms with van der Waals surface area (Å²) in [5.74, 6) is -3.85. The van der Waals surface area contributed by atoms with Crippen molar-refractivity contribution in [2.45, 2.75) is 23.9 Å². The Bertz CT molecular complexity index is 848. The summed E-state index contributed by atoms with van der Waals surface area (Å²) in [5.41, 5.74) is -1.81. The van der Waals surface area contributed by atoms with Crippen LogP contribution in [-0.4, -0.2) is 26.2 Å². The predicted octanol–water partition coefficient (Wildman–Crippen LogP) is 2.41. The Balaban J connectivity index is 2.55. The number of alkyl halides is 3. The van der Waals surface area contributed by atoms with Gasteiger partial charge < -0.3 is 0 Å². The quantitative estimate of drug-likeness (QED) is 0.595. The van der Waals surface area contributed by atoms with Crippen molar-refractivity contribution in [1.82, 2.24) is 0 Å². The molecular formula is C15H12F3NO4S. The summed E-state index contributed by atoms with van der Waals surface area (Å²) in [6.07, 6.45) is -3.06. The van der Waals surface area contributed by atoms with Gasteiger partial charge in [0.15, 0.2) is 27.3 Å². The SMILES string of the molecule is CS(=O)(=O)c1cc(C(F)(F)F)ccc1C(=O)[C@H](C#N)C(=O)C1CC1. The van der Waals surface area contributed by atoms with Gasteiger partial charge in [0.25, 0.3) is 0 Å². The molecule has 0 aliphatic heterocycles. The van der Waals surface area contributed by atoms with Gasteiger partial charge in [-0.25, -0.2) is 8.42 Å². The molecule has 0 amide bonds. The number of Topliss-reactive ketones (excluding diaryl/α,β-unsaturated/α-hetero) is 2. The number of hydrogen-bond acceptors (Lipinski definition) is 5. The number of sulfone groups is 1. The zero-order valence-electron chi connectivity index (χ0n) is 12.4. The first kappa shape index (κ1) is 18.1. The van der Waals surface area contributed by atoms with Crippen molar-refractivity contribution in [2.75, 3.05) is 6.26 Å². The van der Waals surface area contributed by atoms with Gasteiger partial charge >= 0.3 is 6.18 Å². The van der Waals surface area contributed by atoms with E-state index in [-0.39, 0.29) is 0 Å². The molecule has 128 valence electrons. The first-order chi connectivity index (χ1) is 11.0. The number of rotatable bonds is 5. The van der Waals surface area contributed by atoms with Gasteiger partial charge in [-0.15, -0.1) is 0 Å². The van der Waals surface area contributed by atoms with Crippen LogP contribution in [0.3, 0.4) is 0 Å². The molecule has 0 heterocycles. The second-order valence-electron chi connectivity index (χ2n) is 5.58. The third kappa shape index (κ3) is 3.64. The highest BCUT2D eigenvalue weighted by atomic mass is 32.2. The topological polar surface area (TPSA) is 92.1 Å². The number of benzene rings is 1. The van der Waals surface area contributed by atoms with Crippen LogP contribution in [-0.2, 0) is 20.8 Å². The van der Waals surface area contributed by atoms with Crippen LogP contribution in [0, 0.1) is 23.2 Å². The summed E-state index contributed by atoms with van der Waals surface area (Å²) in [6.45, 7) is 0. The number of carbonyl (C=O) groups is 2. The summed E-state index contributed by atoms with van der Waals surface area (Å²) in [6, 6.07) is 3.13. The van der Waals surface area contributed by atoms with E-state index in [4.69, 9.17) is 5.26 Å². The lowest BCUT2D eigenvalue weighted by molar-refractivity contribution is -0.137. The maximum absolute atomic E-state index is 12.8. The van der Waals surface area contributed by atoms with Crippen LogP contribution in [0.2, 0.25) is 0 Å². The molecule has 1 aliphatic rings. The second kappa shape index (κ2) is 6.02. The van der Waals surface area contributed by atoms with Gasteiger partial charge in [0, 0.05) is 17.7 Å². The monoisotopic (exact) mass is 359 g/mol. The Morgan fingerprint density at radius 2 is 1.88 bits per heavy atom. The standard InChI is InChI=1S/C15H12F3NO4S/c1-24(22,23)12-6-9(15(16,17)18)4-5-10(12)14(21)11(7-19)13(20)8-2-3-8/h4-6,8,11H,2-3H2,1H3/t11-/m1/s1. The van der Waals surface area contributed by atoms with E-state index >= 15 is 0 Å². The van der Waals surface area contributed by atoms with Gasteiger partial charge in [0.2, 0.25) is 0 Å². The summed E-state index contributed by atoms with van der Waals surface area (Å²) in [7, 11) is -4.17. The third-order valence-electron chi connectivity index (χ3n) is 3.63. The van der Waals surface area contributed by atoms with Gasteiger partial charge in [-0.1, -0.05) is 0 Å². The number of hydrogen-bond donors (Lipinski definition) is 0. The van der Waals surface area contributed by atoms with E-state index in [0.29, 0.717) is 37.3 Å². The fourth-order valence-corrected chi connectivity index (χ4v) is 3.13. The molecule has 1 aliphatic carbocycles. The van der Waals surface area contributed by atoms with E-state index in [0.717, 1.165) is 0 Å². The lowest BCUT2D eigenvalue weighted by atomic mass is 9.92. The molecule has 2 rings (SSSR count). The van der Waals surface area contributed by atoms with Crippen molar-refractivity contribution in [1.29, 1.82) is 5.26 Å². The molecule has 0 radical (unpaired) electrons. The van der Waals surface area contributed by atoms with Crippen molar-refractivity contribution in [3.63, 3.8) is 0 Å². The average molecular weight is 359 g/mol. The van der Waals surface area contributed by atoms with E-state index in [2.05, 4.69) is 0 Å². The molecular weight excluding hydrogens is 347 g/mol. The van der Waals surface area contributed by atoms with Gasteiger partial charge in [-0.2, -0.15) is 18.4 Å². The van der Waals surface area contributed by atoms with Crippen molar-refractivity contribution in [2.24, 2.45) is 11.8 Å². The molecule has 1 atom stereocenters. The Morgan fingerprint density at radius 1 is 1.29 bits per heavy atom. The van der Waals surface area contributed by atoms with Crippen LogP contribution in [0.25, 0.3) is 0 Å². The minimum Gasteiger partial charge on any atom is -0.297 e. The highest BCUT2D eigenvalue weighted by Gasteiger charge is 2.40. The molecule has 9 heteroatoms. The van der Waals surface area contributed by atoms with Gasteiger partial charge in [-0.05, 0) is 31.0 Å². The van der Waals surface area contributed by atoms with Crippen LogP contribution < -0.4 is 0 Å². The smallest absolute Gasteiger partial charge is 0.297 e. The molecule has 0 bridgehead atoms. The largest absolute Gasteiger partial charge is 0.416 e. The van der Waals surface area contributed by atoms with Gasteiger partial charge in [0.05, 0.1) is 16.5 Å². The zero-order valence-corrected chi connectivity index (χ0v) is 13.2. The predicted molar refractivity (Wildman–Crippen MR) is 75.7 cm³/mol. The van der Waals surface area contributed by atoms with Gasteiger partial charge in [0.1, 0.15) is 0 Å². The molecule has 1 aromatic rings. The second-order valence-corrected chi connectivity index (χ2v) is 7.57. The summed E-state index contributed by atoms with van der Waals surface area (Å²) in [4.78, 5) is 23.5. The lowest BCUT2D eigenvalue weighted by Gasteiger charge is -2.13. The number of halogens is 3.